The van der Waals surface area contributed by atoms with Gasteiger partial charge in [0.15, 0.2) is 0 Å². The molecule has 0 amide bonds. The summed E-state index contributed by atoms with van der Waals surface area (Å²) in [4.78, 5) is 0. The molecule has 0 spiro atoms. The first-order valence-electron chi connectivity index (χ1n) is 6.18. The van der Waals surface area contributed by atoms with Crippen molar-refractivity contribution in [2.45, 2.75) is 44.7 Å². The first kappa shape index (κ1) is 15.6. The third-order valence-corrected chi connectivity index (χ3v) is 3.33. The summed E-state index contributed by atoms with van der Waals surface area (Å²) in [5, 5.41) is 14.0. The van der Waals surface area contributed by atoms with Crippen LogP contribution in [0.5, 0.6) is 5.75 Å². The van der Waals surface area contributed by atoms with Crippen LogP contribution in [-0.2, 0) is 6.42 Å². The van der Waals surface area contributed by atoms with Crippen molar-refractivity contribution < 1.29 is 5.11 Å². The predicted octanol–water partition coefficient (Wildman–Crippen LogP) is 3.53. The molecule has 16 heavy (non-hydrogen) atoms. The number of hydrogen-bond donors (Lipinski definition) is 0. The molecule has 0 aromatic heterocycles. The Balaban J connectivity index is 0.000000385. The molecule has 0 saturated heterocycles. The Morgan fingerprint density at radius 2 is 1.69 bits per heavy atom. The second-order valence-electron chi connectivity index (χ2n) is 4.31. The van der Waals surface area contributed by atoms with E-state index in [2.05, 4.69) is 27.7 Å². The SMILES string of the molecule is CC(C)Cc1ccccc1[O-].C[CH2][Al+][CH2]C. The van der Waals surface area contributed by atoms with E-state index in [-0.39, 0.29) is 5.75 Å². The van der Waals surface area contributed by atoms with Gasteiger partial charge in [-0.2, -0.15) is 0 Å². The monoisotopic (exact) mass is 234 g/mol. The van der Waals surface area contributed by atoms with Crippen molar-refractivity contribution in [3.8, 4) is 5.75 Å². The zero-order valence-electron chi connectivity index (χ0n) is 11.0. The van der Waals surface area contributed by atoms with Crippen LogP contribution < -0.4 is 5.11 Å². The topological polar surface area (TPSA) is 23.1 Å². The van der Waals surface area contributed by atoms with Crippen molar-refractivity contribution in [1.82, 2.24) is 0 Å². The molecule has 88 valence electrons. The first-order valence-corrected chi connectivity index (χ1v) is 7.81. The van der Waals surface area contributed by atoms with E-state index in [1.807, 2.05) is 12.1 Å². The molecule has 0 N–H and O–H groups in total. The summed E-state index contributed by atoms with van der Waals surface area (Å²) in [7, 11) is 0. The average Bonchev–Trinajstić information content (AvgIpc) is 2.23. The summed E-state index contributed by atoms with van der Waals surface area (Å²) >= 11 is 0.815. The molecular weight excluding hydrogens is 211 g/mol. The molecule has 0 fully saturated rings. The van der Waals surface area contributed by atoms with Gasteiger partial charge in [0.05, 0.1) is 0 Å². The van der Waals surface area contributed by atoms with Gasteiger partial charge >= 0.3 is 39.6 Å². The second kappa shape index (κ2) is 9.76. The van der Waals surface area contributed by atoms with Gasteiger partial charge in [-0.05, 0) is 12.3 Å². The molecule has 1 rings (SSSR count). The van der Waals surface area contributed by atoms with Crippen molar-refractivity contribution in [3.05, 3.63) is 29.8 Å². The van der Waals surface area contributed by atoms with E-state index in [1.54, 1.807) is 12.1 Å². The van der Waals surface area contributed by atoms with E-state index in [4.69, 9.17) is 0 Å². The Hall–Kier alpha value is -0.448. The zero-order valence-corrected chi connectivity index (χ0v) is 12.1. The fourth-order valence-electron chi connectivity index (χ4n) is 1.40. The van der Waals surface area contributed by atoms with E-state index in [0.29, 0.717) is 5.92 Å². The van der Waals surface area contributed by atoms with Crippen LogP contribution in [0.15, 0.2) is 24.3 Å². The van der Waals surface area contributed by atoms with Crippen LogP contribution in [0.3, 0.4) is 0 Å². The molecule has 0 aliphatic heterocycles. The van der Waals surface area contributed by atoms with Crippen LogP contribution in [0.1, 0.15) is 33.3 Å². The van der Waals surface area contributed by atoms with Crippen LogP contribution >= 0.6 is 0 Å². The van der Waals surface area contributed by atoms with Gasteiger partial charge < -0.3 is 5.11 Å². The standard InChI is InChI=1S/C10H14O.2C2H5.Al/c1-8(2)7-9-5-3-4-6-10(9)11;2*1-2;/h3-6,8,11H,7H2,1-2H3;2*1H2,2H3;/q;;;+1/p-1. The quantitative estimate of drug-likeness (QED) is 0.731. The van der Waals surface area contributed by atoms with Crippen molar-refractivity contribution >= 4 is 15.2 Å². The molecule has 0 heterocycles. The molecule has 0 unspecified atom stereocenters. The van der Waals surface area contributed by atoms with Crippen molar-refractivity contribution in [2.75, 3.05) is 0 Å². The van der Waals surface area contributed by atoms with Gasteiger partial charge in [-0.25, -0.2) is 0 Å². The van der Waals surface area contributed by atoms with Gasteiger partial charge in [-0.3, -0.25) is 0 Å². The van der Waals surface area contributed by atoms with E-state index in [0.717, 1.165) is 27.2 Å². The van der Waals surface area contributed by atoms with Crippen LogP contribution in [0.2, 0.25) is 10.6 Å². The van der Waals surface area contributed by atoms with E-state index in [9.17, 15) is 5.11 Å². The molecule has 0 radical (unpaired) electrons. The van der Waals surface area contributed by atoms with Crippen LogP contribution in [-0.4, -0.2) is 15.2 Å². The molecule has 1 aromatic carbocycles. The fourth-order valence-corrected chi connectivity index (χ4v) is 1.98. The summed E-state index contributed by atoms with van der Waals surface area (Å²) in [5.74, 6) is 0.728. The normalized spacial score (nSPS) is 9.31. The second-order valence-corrected chi connectivity index (χ2v) is 6.52. The molecular formula is C14H23AlO. The van der Waals surface area contributed by atoms with E-state index in [1.165, 1.54) is 10.6 Å². The van der Waals surface area contributed by atoms with Crippen LogP contribution in [0.4, 0.5) is 0 Å². The molecule has 0 atom stereocenters. The fraction of sp³-hybridized carbons (Fsp3) is 0.571. The number of hydrogen-bond acceptors (Lipinski definition) is 1. The number of rotatable bonds is 4. The Kier molecular flexibility index (Phi) is 9.48. The van der Waals surface area contributed by atoms with Crippen molar-refractivity contribution in [2.24, 2.45) is 5.92 Å². The number of benzene rings is 1. The van der Waals surface area contributed by atoms with Crippen LogP contribution in [0, 0.1) is 5.92 Å². The Bertz CT molecular complexity index is 269. The molecule has 0 saturated carbocycles. The summed E-state index contributed by atoms with van der Waals surface area (Å²) < 4.78 is 0. The molecule has 1 nitrogen and oxygen atoms in total. The first-order chi connectivity index (χ1) is 7.61. The van der Waals surface area contributed by atoms with Gasteiger partial charge in [0.2, 0.25) is 0 Å². The zero-order chi connectivity index (χ0) is 12.4. The summed E-state index contributed by atoms with van der Waals surface area (Å²) in [5.41, 5.74) is 0.933. The summed E-state index contributed by atoms with van der Waals surface area (Å²) in [6, 6.07) is 7.23. The Labute approximate surface area is 107 Å². The third-order valence-electron chi connectivity index (χ3n) is 2.18. The van der Waals surface area contributed by atoms with Crippen LogP contribution in [0.25, 0.3) is 0 Å². The summed E-state index contributed by atoms with van der Waals surface area (Å²) in [6.07, 6.45) is 0.889. The van der Waals surface area contributed by atoms with Gasteiger partial charge in [0.25, 0.3) is 0 Å². The Morgan fingerprint density at radius 1 is 1.12 bits per heavy atom. The molecule has 0 bridgehead atoms. The van der Waals surface area contributed by atoms with Gasteiger partial charge in [0, 0.05) is 0 Å². The van der Waals surface area contributed by atoms with Gasteiger partial charge in [-0.15, -0.1) is 5.75 Å². The van der Waals surface area contributed by atoms with Crippen molar-refractivity contribution in [3.63, 3.8) is 0 Å². The average molecular weight is 234 g/mol. The predicted molar refractivity (Wildman–Crippen MR) is 71.1 cm³/mol. The third kappa shape index (κ3) is 7.79. The molecule has 0 aliphatic rings. The van der Waals surface area contributed by atoms with E-state index >= 15 is 0 Å². The summed E-state index contributed by atoms with van der Waals surface area (Å²) in [6.45, 7) is 8.73. The minimum atomic E-state index is 0.168. The Morgan fingerprint density at radius 3 is 2.06 bits per heavy atom. The maximum atomic E-state index is 11.2. The molecule has 0 aliphatic carbocycles. The number of para-hydroxylation sites is 1. The minimum absolute atomic E-state index is 0.168. The molecule has 2 heteroatoms. The maximum absolute atomic E-state index is 11.2. The van der Waals surface area contributed by atoms with E-state index < -0.39 is 0 Å². The van der Waals surface area contributed by atoms with Gasteiger partial charge in [-0.1, -0.05) is 43.7 Å². The van der Waals surface area contributed by atoms with Crippen molar-refractivity contribution in [1.29, 1.82) is 0 Å². The molecule has 1 aromatic rings. The van der Waals surface area contributed by atoms with Gasteiger partial charge in [0.1, 0.15) is 0 Å².